The van der Waals surface area contributed by atoms with E-state index in [0.717, 1.165) is 7.11 Å². The average Bonchev–Trinajstić information content (AvgIpc) is 2.30. The van der Waals surface area contributed by atoms with E-state index in [1.54, 1.807) is 12.5 Å². The van der Waals surface area contributed by atoms with E-state index in [9.17, 15) is 27.2 Å². The lowest BCUT2D eigenvalue weighted by Gasteiger charge is -1.98. The highest BCUT2D eigenvalue weighted by atomic mass is 19.3. The third-order valence-electron chi connectivity index (χ3n) is 0.826. The smallest absolute Gasteiger partial charge is 0.373 e. The summed E-state index contributed by atoms with van der Waals surface area (Å²) in [7, 11) is 3.90. The second-order valence-corrected chi connectivity index (χ2v) is 2.15. The number of carbonyl (C=O) groups is 2. The third kappa shape index (κ3) is 20.0. The molecule has 0 heterocycles. The number of nitrogens with one attached hydrogen (secondary N) is 3. The van der Waals surface area contributed by atoms with Gasteiger partial charge in [0.15, 0.2) is 0 Å². The summed E-state index contributed by atoms with van der Waals surface area (Å²) < 4.78 is 47.9. The van der Waals surface area contributed by atoms with E-state index in [1.165, 1.54) is 7.05 Å². The molecule has 18 heavy (non-hydrogen) atoms. The molecule has 5 N–H and O–H groups in total. The number of nitrogens with two attached hydrogens (primary N) is 1. The molecule has 0 radical (unpaired) electrons. The van der Waals surface area contributed by atoms with Crippen LogP contribution >= 0.6 is 0 Å². The molecule has 0 aromatic carbocycles. The average molecular weight is 280 g/mol. The second kappa shape index (κ2) is 15.5. The van der Waals surface area contributed by atoms with Crippen molar-refractivity contribution in [1.29, 1.82) is 0 Å². The minimum Gasteiger partial charge on any atom is -0.465 e. The molecular formula is C7H16F4N4O3. The maximum absolute atomic E-state index is 11.2. The van der Waals surface area contributed by atoms with Gasteiger partial charge in [0.1, 0.15) is 0 Å². The van der Waals surface area contributed by atoms with Crippen LogP contribution in [0.5, 0.6) is 0 Å². The molecule has 0 bridgehead atoms. The Kier molecular flexibility index (Phi) is 18.8. The quantitative estimate of drug-likeness (QED) is 0.229. The van der Waals surface area contributed by atoms with Crippen molar-refractivity contribution in [2.45, 2.75) is 12.9 Å². The van der Waals surface area contributed by atoms with Crippen molar-refractivity contribution in [3.05, 3.63) is 0 Å². The van der Waals surface area contributed by atoms with Crippen molar-refractivity contribution in [3.8, 4) is 0 Å². The number of halogens is 4. The van der Waals surface area contributed by atoms with Crippen LogP contribution < -0.4 is 22.1 Å². The van der Waals surface area contributed by atoms with Crippen LogP contribution in [0.3, 0.4) is 0 Å². The van der Waals surface area contributed by atoms with Crippen LogP contribution in [0.25, 0.3) is 0 Å². The zero-order chi connectivity index (χ0) is 15.1. The number of rotatable bonds is 3. The highest BCUT2D eigenvalue weighted by molar-refractivity contribution is 5.78. The number of hydrazine groups is 2. The first-order chi connectivity index (χ1) is 8.28. The maximum Gasteiger partial charge on any atom is 0.373 e. The second-order valence-electron chi connectivity index (χ2n) is 2.15. The molecule has 0 aliphatic heterocycles. The Morgan fingerprint density at radius 1 is 1.11 bits per heavy atom. The third-order valence-corrected chi connectivity index (χ3v) is 0.826. The van der Waals surface area contributed by atoms with Crippen LogP contribution in [0.4, 0.5) is 17.6 Å². The lowest BCUT2D eigenvalue weighted by atomic mass is 10.7. The van der Waals surface area contributed by atoms with E-state index in [2.05, 4.69) is 21.4 Å². The number of alkyl halides is 4. The zero-order valence-electron chi connectivity index (χ0n) is 9.97. The molecule has 1 amide bonds. The molecule has 0 fully saturated rings. The Balaban J connectivity index is -0.000000207. The Morgan fingerprint density at radius 2 is 1.50 bits per heavy atom. The van der Waals surface area contributed by atoms with Crippen LogP contribution in [-0.2, 0) is 14.3 Å². The summed E-state index contributed by atoms with van der Waals surface area (Å²) in [6.45, 7) is 0. The van der Waals surface area contributed by atoms with Crippen LogP contribution in [0.1, 0.15) is 0 Å². The molecule has 0 atom stereocenters. The van der Waals surface area contributed by atoms with Gasteiger partial charge in [0.05, 0.1) is 7.11 Å². The minimum absolute atomic E-state index is 0.911. The highest BCUT2D eigenvalue weighted by Gasteiger charge is 2.13. The minimum atomic E-state index is -3.00. The summed E-state index contributed by atoms with van der Waals surface area (Å²) >= 11 is 0. The summed E-state index contributed by atoms with van der Waals surface area (Å²) in [5, 5.41) is 0. The predicted octanol–water partition coefficient (Wildman–Crippen LogP) is -0.994. The standard InChI is InChI=1S/C3H6F2N2O.C3H4F2O2.CH6N2/c1-6-7-3(8)2(4)5;1-7-3(6)2(4)5;1-3-2/h2,6H,1H3,(H,7,8);2H,1H3;3H,2H2,1H3. The number of hydrogen-bond acceptors (Lipinski definition) is 6. The van der Waals surface area contributed by atoms with Crippen molar-refractivity contribution in [2.75, 3.05) is 21.2 Å². The molecule has 0 aromatic rings. The summed E-state index contributed by atoms with van der Waals surface area (Å²) in [4.78, 5) is 19.4. The Hall–Kier alpha value is -1.46. The fourth-order valence-corrected chi connectivity index (χ4v) is 0.267. The molecule has 0 aromatic heterocycles. The largest absolute Gasteiger partial charge is 0.465 e. The monoisotopic (exact) mass is 280 g/mol. The van der Waals surface area contributed by atoms with Gasteiger partial charge in [0.2, 0.25) is 0 Å². The zero-order valence-corrected chi connectivity index (χ0v) is 9.97. The maximum atomic E-state index is 11.2. The molecule has 0 aliphatic carbocycles. The predicted molar refractivity (Wildman–Crippen MR) is 54.5 cm³/mol. The summed E-state index contributed by atoms with van der Waals surface area (Å²) in [6.07, 6.45) is -5.94. The first-order valence-corrected chi connectivity index (χ1v) is 4.26. The molecule has 0 unspecified atom stereocenters. The molecule has 0 rings (SSSR count). The van der Waals surface area contributed by atoms with Gasteiger partial charge in [0, 0.05) is 7.05 Å². The van der Waals surface area contributed by atoms with Gasteiger partial charge in [-0.25, -0.2) is 10.2 Å². The van der Waals surface area contributed by atoms with Crippen molar-refractivity contribution in [1.82, 2.24) is 16.3 Å². The van der Waals surface area contributed by atoms with Crippen LogP contribution in [-0.4, -0.2) is 45.9 Å². The van der Waals surface area contributed by atoms with E-state index in [0.29, 0.717) is 0 Å². The van der Waals surface area contributed by atoms with Gasteiger partial charge in [-0.1, -0.05) is 0 Å². The molecule has 7 nitrogen and oxygen atoms in total. The van der Waals surface area contributed by atoms with Crippen molar-refractivity contribution in [3.63, 3.8) is 0 Å². The molecule has 11 heteroatoms. The van der Waals surface area contributed by atoms with Gasteiger partial charge in [-0.15, -0.1) is 0 Å². The summed E-state index contributed by atoms with van der Waals surface area (Å²) in [6, 6.07) is 0. The number of methoxy groups -OCH3 is 1. The summed E-state index contributed by atoms with van der Waals surface area (Å²) in [5.74, 6) is 1.80. The van der Waals surface area contributed by atoms with Crippen LogP contribution in [0.2, 0.25) is 0 Å². The van der Waals surface area contributed by atoms with E-state index in [4.69, 9.17) is 0 Å². The van der Waals surface area contributed by atoms with Gasteiger partial charge in [0.25, 0.3) is 0 Å². The van der Waals surface area contributed by atoms with Gasteiger partial charge < -0.3 is 4.74 Å². The normalized spacial score (nSPS) is 8.78. The molecule has 0 aliphatic rings. The highest BCUT2D eigenvalue weighted by Crippen LogP contribution is 1.92. The van der Waals surface area contributed by atoms with Gasteiger partial charge in [-0.2, -0.15) is 17.6 Å². The lowest BCUT2D eigenvalue weighted by molar-refractivity contribution is -0.153. The molecule has 110 valence electrons. The number of ether oxygens (including phenoxy) is 1. The van der Waals surface area contributed by atoms with Crippen LogP contribution in [0, 0.1) is 0 Å². The number of carbonyl (C=O) groups excluding carboxylic acids is 2. The fourth-order valence-electron chi connectivity index (χ4n) is 0.267. The van der Waals surface area contributed by atoms with Crippen molar-refractivity contribution >= 4 is 11.9 Å². The first kappa shape index (κ1) is 21.8. The molecular weight excluding hydrogens is 264 g/mol. The van der Waals surface area contributed by atoms with Crippen LogP contribution in [0.15, 0.2) is 0 Å². The molecule has 0 saturated heterocycles. The first-order valence-electron chi connectivity index (χ1n) is 4.26. The molecule has 0 saturated carbocycles. The van der Waals surface area contributed by atoms with E-state index < -0.39 is 24.7 Å². The van der Waals surface area contributed by atoms with E-state index in [1.807, 2.05) is 0 Å². The fraction of sp³-hybridized carbons (Fsp3) is 0.714. The van der Waals surface area contributed by atoms with Gasteiger partial charge in [-0.05, 0) is 7.05 Å². The van der Waals surface area contributed by atoms with Crippen molar-refractivity contribution in [2.24, 2.45) is 5.84 Å². The summed E-state index contributed by atoms with van der Waals surface area (Å²) in [5.41, 5.74) is 6.03. The van der Waals surface area contributed by atoms with Crippen molar-refractivity contribution < 1.29 is 31.9 Å². The van der Waals surface area contributed by atoms with Gasteiger partial charge >= 0.3 is 24.7 Å². The topological polar surface area (TPSA) is 105 Å². The lowest BCUT2D eigenvalue weighted by Crippen LogP contribution is -2.38. The SMILES string of the molecule is CNN.CNNC(=O)C(F)F.COC(=O)C(F)F. The Bertz CT molecular complexity index is 219. The Labute approximate surface area is 101 Å². The van der Waals surface area contributed by atoms with Gasteiger partial charge in [-0.3, -0.25) is 21.5 Å². The number of hydrogen-bond donors (Lipinski definition) is 4. The number of esters is 1. The molecule has 0 spiro atoms. The van der Waals surface area contributed by atoms with E-state index in [-0.39, 0.29) is 0 Å². The Morgan fingerprint density at radius 3 is 1.56 bits per heavy atom. The number of amides is 1. The van der Waals surface area contributed by atoms with E-state index >= 15 is 0 Å².